The second-order valence-electron chi connectivity index (χ2n) is 5.20. The van der Waals surface area contributed by atoms with Gasteiger partial charge in [-0.1, -0.05) is 35.9 Å². The zero-order valence-corrected chi connectivity index (χ0v) is 13.1. The molecule has 0 bridgehead atoms. The van der Waals surface area contributed by atoms with Crippen molar-refractivity contribution in [2.75, 3.05) is 14.2 Å². The van der Waals surface area contributed by atoms with E-state index >= 15 is 0 Å². The van der Waals surface area contributed by atoms with Gasteiger partial charge in [-0.2, -0.15) is 0 Å². The molecule has 0 spiro atoms. The molecule has 0 amide bonds. The number of aryl methyl sites for hydroxylation is 1. The van der Waals surface area contributed by atoms with Crippen LogP contribution in [0.2, 0.25) is 0 Å². The van der Waals surface area contributed by atoms with Crippen molar-refractivity contribution in [3.63, 3.8) is 0 Å². The standard InChI is InChI=1S/C18H23NO2/c1-13-5-8-16(9-6-13)14(2)19-12-15-7-10-17(20-3)18(11-15)21-4/h5-11,14,19H,12H2,1-4H3/t14-/m0/s1. The maximum absolute atomic E-state index is 5.33. The Labute approximate surface area is 126 Å². The molecule has 1 N–H and O–H groups in total. The molecule has 0 fully saturated rings. The first-order chi connectivity index (χ1) is 10.1. The van der Waals surface area contributed by atoms with Gasteiger partial charge in [-0.15, -0.1) is 0 Å². The molecule has 0 saturated heterocycles. The van der Waals surface area contributed by atoms with Crippen LogP contribution in [-0.4, -0.2) is 14.2 Å². The van der Waals surface area contributed by atoms with E-state index in [1.165, 1.54) is 16.7 Å². The Kier molecular flexibility index (Phi) is 5.23. The summed E-state index contributed by atoms with van der Waals surface area (Å²) in [5.74, 6) is 1.52. The minimum atomic E-state index is 0.304. The van der Waals surface area contributed by atoms with Gasteiger partial charge >= 0.3 is 0 Å². The number of hydrogen-bond acceptors (Lipinski definition) is 3. The number of nitrogens with one attached hydrogen (secondary N) is 1. The molecule has 0 aliphatic heterocycles. The van der Waals surface area contributed by atoms with Crippen LogP contribution in [0.5, 0.6) is 11.5 Å². The molecule has 3 nitrogen and oxygen atoms in total. The van der Waals surface area contributed by atoms with E-state index in [1.54, 1.807) is 14.2 Å². The number of methoxy groups -OCH3 is 2. The van der Waals surface area contributed by atoms with Crippen molar-refractivity contribution in [1.82, 2.24) is 5.32 Å². The lowest BCUT2D eigenvalue weighted by Crippen LogP contribution is -2.18. The lowest BCUT2D eigenvalue weighted by atomic mass is 10.1. The molecule has 2 rings (SSSR count). The van der Waals surface area contributed by atoms with Crippen molar-refractivity contribution < 1.29 is 9.47 Å². The van der Waals surface area contributed by atoms with E-state index in [0.29, 0.717) is 6.04 Å². The van der Waals surface area contributed by atoms with Crippen molar-refractivity contribution in [3.05, 3.63) is 59.2 Å². The third kappa shape index (κ3) is 3.99. The summed E-state index contributed by atoms with van der Waals surface area (Å²) in [5.41, 5.74) is 3.75. The second-order valence-corrected chi connectivity index (χ2v) is 5.20. The summed E-state index contributed by atoms with van der Waals surface area (Å²) < 4.78 is 10.6. The summed E-state index contributed by atoms with van der Waals surface area (Å²) in [6, 6.07) is 14.9. The molecule has 0 aromatic heterocycles. The molecule has 2 aromatic rings. The third-order valence-corrected chi connectivity index (χ3v) is 3.64. The van der Waals surface area contributed by atoms with Crippen LogP contribution in [0, 0.1) is 6.92 Å². The zero-order chi connectivity index (χ0) is 15.2. The summed E-state index contributed by atoms with van der Waals surface area (Å²) in [5, 5.41) is 3.53. The fraction of sp³-hybridized carbons (Fsp3) is 0.333. The fourth-order valence-electron chi connectivity index (χ4n) is 2.23. The lowest BCUT2D eigenvalue weighted by Gasteiger charge is -2.15. The molecule has 3 heteroatoms. The molecule has 1 atom stereocenters. The molecule has 112 valence electrons. The minimum Gasteiger partial charge on any atom is -0.493 e. The predicted molar refractivity (Wildman–Crippen MR) is 86.0 cm³/mol. The van der Waals surface area contributed by atoms with Gasteiger partial charge in [-0.05, 0) is 37.1 Å². The largest absolute Gasteiger partial charge is 0.493 e. The molecule has 21 heavy (non-hydrogen) atoms. The number of rotatable bonds is 6. The normalized spacial score (nSPS) is 12.0. The number of hydrogen-bond donors (Lipinski definition) is 1. The summed E-state index contributed by atoms with van der Waals surface area (Å²) in [7, 11) is 3.30. The van der Waals surface area contributed by atoms with E-state index in [0.717, 1.165) is 18.0 Å². The van der Waals surface area contributed by atoms with Crippen molar-refractivity contribution in [1.29, 1.82) is 0 Å². The molecule has 0 radical (unpaired) electrons. The summed E-state index contributed by atoms with van der Waals surface area (Å²) in [6.45, 7) is 5.06. The molecule has 0 heterocycles. The van der Waals surface area contributed by atoms with Gasteiger partial charge in [0.25, 0.3) is 0 Å². The van der Waals surface area contributed by atoms with E-state index in [4.69, 9.17) is 9.47 Å². The predicted octanol–water partition coefficient (Wildman–Crippen LogP) is 3.86. The van der Waals surface area contributed by atoms with Gasteiger partial charge in [0.1, 0.15) is 0 Å². The summed E-state index contributed by atoms with van der Waals surface area (Å²) in [6.07, 6.45) is 0. The first kappa shape index (κ1) is 15.4. The fourth-order valence-corrected chi connectivity index (χ4v) is 2.23. The van der Waals surface area contributed by atoms with Crippen molar-refractivity contribution in [3.8, 4) is 11.5 Å². The Bertz CT molecular complexity index is 578. The minimum absolute atomic E-state index is 0.304. The quantitative estimate of drug-likeness (QED) is 0.874. The van der Waals surface area contributed by atoms with Crippen molar-refractivity contribution >= 4 is 0 Å². The van der Waals surface area contributed by atoms with E-state index in [1.807, 2.05) is 12.1 Å². The van der Waals surface area contributed by atoms with E-state index in [9.17, 15) is 0 Å². The summed E-state index contributed by atoms with van der Waals surface area (Å²) in [4.78, 5) is 0. The maximum Gasteiger partial charge on any atom is 0.161 e. The summed E-state index contributed by atoms with van der Waals surface area (Å²) >= 11 is 0. The average molecular weight is 285 g/mol. The van der Waals surface area contributed by atoms with Gasteiger partial charge in [0.2, 0.25) is 0 Å². The van der Waals surface area contributed by atoms with Crippen LogP contribution in [0.3, 0.4) is 0 Å². The Morgan fingerprint density at radius 1 is 0.952 bits per heavy atom. The van der Waals surface area contributed by atoms with Crippen LogP contribution in [-0.2, 0) is 6.54 Å². The Hall–Kier alpha value is -2.00. The van der Waals surface area contributed by atoms with Gasteiger partial charge in [0.15, 0.2) is 11.5 Å². The van der Waals surface area contributed by atoms with Gasteiger partial charge in [-0.3, -0.25) is 0 Å². The van der Waals surface area contributed by atoms with Crippen LogP contribution in [0.25, 0.3) is 0 Å². The molecule has 2 aromatic carbocycles. The van der Waals surface area contributed by atoms with Crippen molar-refractivity contribution in [2.24, 2.45) is 0 Å². The van der Waals surface area contributed by atoms with Gasteiger partial charge in [0, 0.05) is 12.6 Å². The van der Waals surface area contributed by atoms with Crippen molar-refractivity contribution in [2.45, 2.75) is 26.4 Å². The van der Waals surface area contributed by atoms with Gasteiger partial charge < -0.3 is 14.8 Å². The highest BCUT2D eigenvalue weighted by atomic mass is 16.5. The Morgan fingerprint density at radius 2 is 1.62 bits per heavy atom. The molecule has 0 aliphatic carbocycles. The van der Waals surface area contributed by atoms with Gasteiger partial charge in [0.05, 0.1) is 14.2 Å². The maximum atomic E-state index is 5.33. The first-order valence-corrected chi connectivity index (χ1v) is 7.15. The Morgan fingerprint density at radius 3 is 2.24 bits per heavy atom. The molecule has 0 unspecified atom stereocenters. The topological polar surface area (TPSA) is 30.5 Å². The van der Waals surface area contributed by atoms with Crippen LogP contribution in [0.1, 0.15) is 29.7 Å². The monoisotopic (exact) mass is 285 g/mol. The lowest BCUT2D eigenvalue weighted by molar-refractivity contribution is 0.354. The third-order valence-electron chi connectivity index (χ3n) is 3.64. The number of benzene rings is 2. The molecular weight excluding hydrogens is 262 g/mol. The highest BCUT2D eigenvalue weighted by Gasteiger charge is 2.07. The van der Waals surface area contributed by atoms with Crippen LogP contribution in [0.15, 0.2) is 42.5 Å². The van der Waals surface area contributed by atoms with E-state index in [2.05, 4.69) is 49.5 Å². The molecule has 0 saturated carbocycles. The van der Waals surface area contributed by atoms with Crippen LogP contribution in [0.4, 0.5) is 0 Å². The SMILES string of the molecule is COc1ccc(CN[C@@H](C)c2ccc(C)cc2)cc1OC. The van der Waals surface area contributed by atoms with E-state index < -0.39 is 0 Å². The van der Waals surface area contributed by atoms with Gasteiger partial charge in [-0.25, -0.2) is 0 Å². The average Bonchev–Trinajstić information content (AvgIpc) is 2.52. The smallest absolute Gasteiger partial charge is 0.161 e. The van der Waals surface area contributed by atoms with E-state index in [-0.39, 0.29) is 0 Å². The highest BCUT2D eigenvalue weighted by molar-refractivity contribution is 5.42. The number of ether oxygens (including phenoxy) is 2. The van der Waals surface area contributed by atoms with Crippen LogP contribution < -0.4 is 14.8 Å². The molecule has 0 aliphatic rings. The Balaban J connectivity index is 2.00. The van der Waals surface area contributed by atoms with Crippen LogP contribution >= 0.6 is 0 Å². The highest BCUT2D eigenvalue weighted by Crippen LogP contribution is 2.27. The zero-order valence-electron chi connectivity index (χ0n) is 13.1. The first-order valence-electron chi connectivity index (χ1n) is 7.15. The molecular formula is C18H23NO2. The second kappa shape index (κ2) is 7.14.